The van der Waals surface area contributed by atoms with Crippen molar-refractivity contribution in [3.63, 3.8) is 0 Å². The molecule has 2 saturated heterocycles. The van der Waals surface area contributed by atoms with Crippen LogP contribution in [0.2, 0.25) is 5.02 Å². The van der Waals surface area contributed by atoms with E-state index in [1.165, 1.54) is 18.2 Å². The van der Waals surface area contributed by atoms with E-state index in [2.05, 4.69) is 28.8 Å². The number of halogens is 1. The minimum atomic E-state index is 0.369. The Kier molecular flexibility index (Phi) is 6.14. The number of nitrogens with zero attached hydrogens (tertiary/aromatic N) is 5. The molecule has 2 aliphatic rings. The van der Waals surface area contributed by atoms with Gasteiger partial charge in [-0.3, -0.25) is 4.68 Å². The number of anilines is 1. The van der Waals surface area contributed by atoms with Crippen molar-refractivity contribution < 1.29 is 4.74 Å². The summed E-state index contributed by atoms with van der Waals surface area (Å²) in [5.41, 5.74) is 2.18. The molecular weight excluding hydrogens is 442 g/mol. The largest absolute Gasteiger partial charge is 0.378 e. The second-order valence-corrected chi connectivity index (χ2v) is 10.2. The van der Waals surface area contributed by atoms with Crippen molar-refractivity contribution in [1.82, 2.24) is 19.7 Å². The van der Waals surface area contributed by atoms with Crippen LogP contribution < -0.4 is 4.90 Å². The van der Waals surface area contributed by atoms with E-state index in [9.17, 15) is 0 Å². The monoisotopic (exact) mass is 469 g/mol. The Morgan fingerprint density at radius 1 is 1.19 bits per heavy atom. The summed E-state index contributed by atoms with van der Waals surface area (Å²) in [6, 6.07) is 8.02. The van der Waals surface area contributed by atoms with E-state index in [0.29, 0.717) is 16.5 Å². The number of aromatic nitrogens is 4. The first-order valence-corrected chi connectivity index (χ1v) is 12.4. The van der Waals surface area contributed by atoms with Gasteiger partial charge in [0.2, 0.25) is 0 Å². The highest BCUT2D eigenvalue weighted by molar-refractivity contribution is 7.99. The van der Waals surface area contributed by atoms with Crippen molar-refractivity contribution in [3.8, 4) is 11.3 Å². The highest BCUT2D eigenvalue weighted by atomic mass is 35.5. The number of piperidine rings is 1. The Balaban J connectivity index is 1.26. The summed E-state index contributed by atoms with van der Waals surface area (Å²) in [7, 11) is 0. The van der Waals surface area contributed by atoms with Crippen molar-refractivity contribution in [2.45, 2.75) is 55.7 Å². The summed E-state index contributed by atoms with van der Waals surface area (Å²) >= 11 is 8.26. The molecule has 5 rings (SSSR count). The molecule has 2 fully saturated rings. The number of aryl methyl sites for hydroxylation is 1. The summed E-state index contributed by atoms with van der Waals surface area (Å²) < 4.78 is 7.75. The van der Waals surface area contributed by atoms with Crippen molar-refractivity contribution in [2.24, 2.45) is 5.41 Å². The zero-order valence-corrected chi connectivity index (χ0v) is 20.1. The van der Waals surface area contributed by atoms with Crippen LogP contribution in [0.5, 0.6) is 0 Å². The van der Waals surface area contributed by atoms with Crippen LogP contribution in [0, 0.1) is 5.41 Å². The van der Waals surface area contributed by atoms with E-state index < -0.39 is 0 Å². The Morgan fingerprint density at radius 3 is 2.69 bits per heavy atom. The lowest BCUT2D eigenvalue weighted by Gasteiger charge is -2.38. The molecule has 2 aromatic heterocycles. The zero-order chi connectivity index (χ0) is 22.1. The maximum Gasteiger partial charge on any atom is 0.147 e. The van der Waals surface area contributed by atoms with Crippen molar-refractivity contribution in [1.29, 1.82) is 0 Å². The number of hydrogen-bond acceptors (Lipinski definition) is 6. The average molecular weight is 470 g/mol. The zero-order valence-electron chi connectivity index (χ0n) is 18.5. The van der Waals surface area contributed by atoms with Gasteiger partial charge in [-0.1, -0.05) is 35.5 Å². The minimum absolute atomic E-state index is 0.369. The molecule has 8 heteroatoms. The van der Waals surface area contributed by atoms with E-state index in [-0.39, 0.29) is 0 Å². The van der Waals surface area contributed by atoms with Crippen LogP contribution in [0.1, 0.15) is 33.1 Å². The first-order valence-electron chi connectivity index (χ1n) is 11.2. The van der Waals surface area contributed by atoms with Crippen LogP contribution in [0.15, 0.2) is 52.8 Å². The standard InChI is InChI=1S/C24H28ClN5OS/c1-3-30-10-7-19(28-30)18-5-4-6-20(23(18)25)32-22-15-26-21(14-27-22)29-11-8-24(9-12-29)13-17(2)31-16-24/h4-7,10,14-15,17H,3,8-9,11-13,16H2,1-2H3/t17-/m0/s1. The molecule has 0 saturated carbocycles. The van der Waals surface area contributed by atoms with Crippen LogP contribution in [0.3, 0.4) is 0 Å². The summed E-state index contributed by atoms with van der Waals surface area (Å²) in [6.07, 6.45) is 9.59. The lowest BCUT2D eigenvalue weighted by molar-refractivity contribution is 0.0976. The average Bonchev–Trinajstić information content (AvgIpc) is 3.43. The number of hydrogen-bond donors (Lipinski definition) is 0. The van der Waals surface area contributed by atoms with E-state index in [1.807, 2.05) is 47.5 Å². The number of rotatable bonds is 5. The third-order valence-electron chi connectivity index (χ3n) is 6.58. The normalized spacial score (nSPS) is 20.2. The van der Waals surface area contributed by atoms with Gasteiger partial charge in [-0.05, 0) is 50.7 Å². The van der Waals surface area contributed by atoms with Gasteiger partial charge in [0.1, 0.15) is 10.8 Å². The third-order valence-corrected chi connectivity index (χ3v) is 8.07. The second-order valence-electron chi connectivity index (χ2n) is 8.80. The molecule has 6 nitrogen and oxygen atoms in total. The van der Waals surface area contributed by atoms with Gasteiger partial charge >= 0.3 is 0 Å². The highest BCUT2D eigenvalue weighted by Crippen LogP contribution is 2.42. The van der Waals surface area contributed by atoms with Gasteiger partial charge < -0.3 is 9.64 Å². The molecule has 1 aromatic carbocycles. The van der Waals surface area contributed by atoms with Crippen molar-refractivity contribution >= 4 is 29.2 Å². The molecule has 0 bridgehead atoms. The third kappa shape index (κ3) is 4.38. The van der Waals surface area contributed by atoms with Gasteiger partial charge in [0.15, 0.2) is 0 Å². The molecule has 0 aliphatic carbocycles. The molecular formula is C24H28ClN5OS. The van der Waals surface area contributed by atoms with Gasteiger partial charge in [0, 0.05) is 36.3 Å². The van der Waals surface area contributed by atoms with Gasteiger partial charge in [-0.2, -0.15) is 5.10 Å². The lowest BCUT2D eigenvalue weighted by atomic mass is 9.77. The molecule has 168 valence electrons. The molecule has 2 aliphatic heterocycles. The van der Waals surface area contributed by atoms with E-state index in [0.717, 1.165) is 66.1 Å². The summed E-state index contributed by atoms with van der Waals surface area (Å²) in [5.74, 6) is 0.945. The molecule has 0 amide bonds. The summed E-state index contributed by atoms with van der Waals surface area (Å²) in [6.45, 7) is 8.01. The minimum Gasteiger partial charge on any atom is -0.378 e. The number of ether oxygens (including phenoxy) is 1. The highest BCUT2D eigenvalue weighted by Gasteiger charge is 2.41. The van der Waals surface area contributed by atoms with Gasteiger partial charge in [0.25, 0.3) is 0 Å². The van der Waals surface area contributed by atoms with Crippen molar-refractivity contribution in [2.75, 3.05) is 24.6 Å². The SMILES string of the molecule is CCn1ccc(-c2cccc(Sc3cnc(N4CCC5(CC4)CO[C@@H](C)C5)cn3)c2Cl)n1. The quantitative estimate of drug-likeness (QED) is 0.487. The maximum atomic E-state index is 6.73. The van der Waals surface area contributed by atoms with Crippen molar-refractivity contribution in [3.05, 3.63) is 47.9 Å². The first kappa shape index (κ1) is 21.7. The fourth-order valence-electron chi connectivity index (χ4n) is 4.71. The Bertz CT molecular complexity index is 1080. The predicted octanol–water partition coefficient (Wildman–Crippen LogP) is 5.56. The Morgan fingerprint density at radius 2 is 2.03 bits per heavy atom. The van der Waals surface area contributed by atoms with Gasteiger partial charge in [0.05, 0.1) is 35.8 Å². The lowest BCUT2D eigenvalue weighted by Crippen LogP contribution is -2.41. The van der Waals surface area contributed by atoms with Crippen LogP contribution in [-0.4, -0.2) is 45.5 Å². The second kappa shape index (κ2) is 9.04. The predicted molar refractivity (Wildman–Crippen MR) is 128 cm³/mol. The van der Waals surface area contributed by atoms with Crippen LogP contribution in [0.25, 0.3) is 11.3 Å². The van der Waals surface area contributed by atoms with Crippen LogP contribution in [-0.2, 0) is 11.3 Å². The van der Waals surface area contributed by atoms with E-state index in [4.69, 9.17) is 21.3 Å². The summed E-state index contributed by atoms with van der Waals surface area (Å²) in [5, 5.41) is 6.11. The first-order chi connectivity index (χ1) is 15.5. The van der Waals surface area contributed by atoms with Gasteiger partial charge in [-0.15, -0.1) is 0 Å². The summed E-state index contributed by atoms with van der Waals surface area (Å²) in [4.78, 5) is 12.7. The molecule has 3 aromatic rings. The van der Waals surface area contributed by atoms with E-state index >= 15 is 0 Å². The molecule has 0 radical (unpaired) electrons. The molecule has 32 heavy (non-hydrogen) atoms. The molecule has 1 spiro atoms. The van der Waals surface area contributed by atoms with Crippen LogP contribution in [0.4, 0.5) is 5.82 Å². The smallest absolute Gasteiger partial charge is 0.147 e. The Labute approximate surface area is 198 Å². The van der Waals surface area contributed by atoms with E-state index in [1.54, 1.807) is 0 Å². The fraction of sp³-hybridized carbons (Fsp3) is 0.458. The topological polar surface area (TPSA) is 56.1 Å². The van der Waals surface area contributed by atoms with Crippen LogP contribution >= 0.6 is 23.4 Å². The molecule has 0 N–H and O–H groups in total. The fourth-order valence-corrected chi connectivity index (χ4v) is 5.83. The maximum absolute atomic E-state index is 6.73. The molecule has 0 unspecified atom stereocenters. The number of benzene rings is 1. The molecule has 1 atom stereocenters. The van der Waals surface area contributed by atoms with Gasteiger partial charge in [-0.25, -0.2) is 9.97 Å². The molecule has 4 heterocycles. The Hall–Kier alpha value is -2.09.